The van der Waals surface area contributed by atoms with Crippen molar-refractivity contribution >= 4 is 11.9 Å². The Morgan fingerprint density at radius 1 is 0.815 bits per heavy atom. The van der Waals surface area contributed by atoms with Crippen molar-refractivity contribution in [2.75, 3.05) is 0 Å². The molecule has 2 aromatic carbocycles. The molecule has 142 valence electrons. The third-order valence-electron chi connectivity index (χ3n) is 4.46. The van der Waals surface area contributed by atoms with Crippen LogP contribution in [0.25, 0.3) is 0 Å². The van der Waals surface area contributed by atoms with E-state index in [4.69, 9.17) is 10.2 Å². The molecule has 0 aromatic heterocycles. The van der Waals surface area contributed by atoms with Gasteiger partial charge in [-0.1, -0.05) is 48.5 Å². The first-order valence-electron chi connectivity index (χ1n) is 8.88. The van der Waals surface area contributed by atoms with Gasteiger partial charge in [-0.2, -0.15) is 0 Å². The highest BCUT2D eigenvalue weighted by Gasteiger charge is 2.18. The van der Waals surface area contributed by atoms with E-state index in [2.05, 4.69) is 67.3 Å². The highest BCUT2D eigenvalue weighted by atomic mass is 16.4. The zero-order chi connectivity index (χ0) is 19.8. The lowest BCUT2D eigenvalue weighted by molar-refractivity contribution is -0.134. The molecule has 2 aromatic rings. The molecule has 27 heavy (non-hydrogen) atoms. The van der Waals surface area contributed by atoms with Gasteiger partial charge in [0.25, 0.3) is 0 Å². The molecular weight excluding hydrogens is 342 g/mol. The van der Waals surface area contributed by atoms with Crippen LogP contribution in [0.15, 0.2) is 60.7 Å². The number of carboxylic acids is 2. The minimum atomic E-state index is -1.26. The summed E-state index contributed by atoms with van der Waals surface area (Å²) in [4.78, 5) is 21.7. The van der Waals surface area contributed by atoms with Gasteiger partial charge in [0.15, 0.2) is 0 Å². The third kappa shape index (κ3) is 6.38. The van der Waals surface area contributed by atoms with E-state index in [0.717, 1.165) is 19.5 Å². The van der Waals surface area contributed by atoms with Crippen LogP contribution in [-0.2, 0) is 29.1 Å². The molecule has 5 heteroatoms. The number of fused-ring (bicyclic) bond motifs is 2. The lowest BCUT2D eigenvalue weighted by Crippen LogP contribution is -2.31. The van der Waals surface area contributed by atoms with Gasteiger partial charge in [0.2, 0.25) is 0 Å². The molecular formula is C22H25NO4. The summed E-state index contributed by atoms with van der Waals surface area (Å²) in [5, 5.41) is 15.6. The average molecular weight is 367 g/mol. The van der Waals surface area contributed by atoms with Gasteiger partial charge < -0.3 is 10.2 Å². The average Bonchev–Trinajstić information content (AvgIpc) is 2.60. The van der Waals surface area contributed by atoms with Crippen LogP contribution in [0.2, 0.25) is 0 Å². The minimum absolute atomic E-state index is 0.558. The second-order valence-electron chi connectivity index (χ2n) is 6.72. The smallest absolute Gasteiger partial charge is 0.328 e. The molecule has 0 saturated carbocycles. The summed E-state index contributed by atoms with van der Waals surface area (Å²) in [6.45, 7) is 6.68. The number of rotatable bonds is 3. The normalized spacial score (nSPS) is 13.7. The molecule has 0 aliphatic carbocycles. The van der Waals surface area contributed by atoms with E-state index in [1.165, 1.54) is 22.3 Å². The number of benzene rings is 2. The molecule has 1 heterocycles. The fraction of sp³-hybridized carbons (Fsp3) is 0.273. The Bertz CT molecular complexity index is 763. The minimum Gasteiger partial charge on any atom is -0.478 e. The lowest BCUT2D eigenvalue weighted by Gasteiger charge is -2.30. The van der Waals surface area contributed by atoms with Gasteiger partial charge in [0, 0.05) is 31.3 Å². The van der Waals surface area contributed by atoms with Gasteiger partial charge in [0.05, 0.1) is 0 Å². The molecule has 0 atom stereocenters. The fourth-order valence-corrected chi connectivity index (χ4v) is 2.97. The topological polar surface area (TPSA) is 77.8 Å². The van der Waals surface area contributed by atoms with Crippen molar-refractivity contribution in [2.45, 2.75) is 39.4 Å². The molecule has 0 amide bonds. The first kappa shape index (κ1) is 20.4. The van der Waals surface area contributed by atoms with Crippen LogP contribution in [0.1, 0.15) is 36.1 Å². The van der Waals surface area contributed by atoms with Crippen LogP contribution in [0.4, 0.5) is 0 Å². The molecule has 5 nitrogen and oxygen atoms in total. The first-order chi connectivity index (χ1) is 12.9. The maximum absolute atomic E-state index is 9.55. The summed E-state index contributed by atoms with van der Waals surface area (Å²) < 4.78 is 0. The van der Waals surface area contributed by atoms with Gasteiger partial charge in [-0.25, -0.2) is 9.59 Å². The molecule has 0 bridgehead atoms. The number of hydrogen-bond acceptors (Lipinski definition) is 3. The molecule has 0 radical (unpaired) electrons. The molecule has 0 saturated heterocycles. The van der Waals surface area contributed by atoms with E-state index >= 15 is 0 Å². The Morgan fingerprint density at radius 3 is 1.52 bits per heavy atom. The van der Waals surface area contributed by atoms with Crippen LogP contribution in [0.3, 0.4) is 0 Å². The Morgan fingerprint density at radius 2 is 1.19 bits per heavy atom. The molecule has 0 spiro atoms. The van der Waals surface area contributed by atoms with E-state index in [9.17, 15) is 9.59 Å². The molecule has 1 aliphatic heterocycles. The second-order valence-corrected chi connectivity index (χ2v) is 6.72. The summed E-state index contributed by atoms with van der Waals surface area (Å²) in [5.41, 5.74) is 5.90. The standard InChI is InChI=1S/C18H21N.C4H4O4/c1-14(2)19-12-17-9-5-3-7-15(17)11-16-8-4-6-10-18(16)13-19;5-3(6)1-2-4(7)8/h3-10,14H,11-13H2,1-2H3;1-2H,(H,5,6)(H,7,8)/b;2-1-. The molecule has 1 aliphatic rings. The van der Waals surface area contributed by atoms with Gasteiger partial charge in [-0.3, -0.25) is 4.90 Å². The summed E-state index contributed by atoms with van der Waals surface area (Å²) in [6.07, 6.45) is 2.18. The number of carboxylic acid groups (broad SMARTS) is 2. The van der Waals surface area contributed by atoms with Crippen molar-refractivity contribution in [2.24, 2.45) is 0 Å². The van der Waals surface area contributed by atoms with Gasteiger partial charge in [-0.15, -0.1) is 0 Å². The van der Waals surface area contributed by atoms with Crippen molar-refractivity contribution in [3.63, 3.8) is 0 Å². The van der Waals surface area contributed by atoms with E-state index < -0.39 is 11.9 Å². The third-order valence-corrected chi connectivity index (χ3v) is 4.46. The number of carbonyl (C=O) groups is 2. The van der Waals surface area contributed by atoms with E-state index in [-0.39, 0.29) is 0 Å². The maximum atomic E-state index is 9.55. The molecule has 3 rings (SSSR count). The fourth-order valence-electron chi connectivity index (χ4n) is 2.97. The Labute approximate surface area is 159 Å². The summed E-state index contributed by atoms with van der Waals surface area (Å²) in [6, 6.07) is 18.3. The Hall–Kier alpha value is -2.92. The van der Waals surface area contributed by atoms with E-state index in [0.29, 0.717) is 18.2 Å². The number of hydrogen-bond donors (Lipinski definition) is 2. The molecule has 0 fully saturated rings. The van der Waals surface area contributed by atoms with Crippen LogP contribution >= 0.6 is 0 Å². The van der Waals surface area contributed by atoms with Crippen LogP contribution in [0, 0.1) is 0 Å². The second kappa shape index (κ2) is 9.69. The summed E-state index contributed by atoms with van der Waals surface area (Å²) in [7, 11) is 0. The van der Waals surface area contributed by atoms with Crippen molar-refractivity contribution in [1.82, 2.24) is 4.90 Å². The predicted molar refractivity (Wildman–Crippen MR) is 104 cm³/mol. The SMILES string of the molecule is CC(C)N1Cc2ccccc2Cc2ccccc2C1.O=C(O)/C=C\C(=O)O. The Kier molecular flexibility index (Phi) is 7.32. The van der Waals surface area contributed by atoms with Crippen LogP contribution in [0.5, 0.6) is 0 Å². The summed E-state index contributed by atoms with van der Waals surface area (Å²) >= 11 is 0. The van der Waals surface area contributed by atoms with Crippen molar-refractivity contribution in [3.05, 3.63) is 82.9 Å². The van der Waals surface area contributed by atoms with Crippen LogP contribution in [-0.4, -0.2) is 33.1 Å². The summed E-state index contributed by atoms with van der Waals surface area (Å²) in [5.74, 6) is -2.51. The van der Waals surface area contributed by atoms with Crippen LogP contribution < -0.4 is 0 Å². The molecule has 2 N–H and O–H groups in total. The number of aliphatic carboxylic acids is 2. The lowest BCUT2D eigenvalue weighted by atomic mass is 9.93. The highest BCUT2D eigenvalue weighted by molar-refractivity contribution is 5.89. The van der Waals surface area contributed by atoms with E-state index in [1.54, 1.807) is 0 Å². The number of nitrogens with zero attached hydrogens (tertiary/aromatic N) is 1. The zero-order valence-electron chi connectivity index (χ0n) is 15.6. The van der Waals surface area contributed by atoms with Gasteiger partial charge >= 0.3 is 11.9 Å². The first-order valence-corrected chi connectivity index (χ1v) is 8.88. The van der Waals surface area contributed by atoms with Gasteiger partial charge in [0.1, 0.15) is 0 Å². The monoisotopic (exact) mass is 367 g/mol. The highest BCUT2D eigenvalue weighted by Crippen LogP contribution is 2.25. The maximum Gasteiger partial charge on any atom is 0.328 e. The predicted octanol–water partition coefficient (Wildman–Crippen LogP) is 3.71. The van der Waals surface area contributed by atoms with E-state index in [1.807, 2.05) is 0 Å². The van der Waals surface area contributed by atoms with Gasteiger partial charge in [-0.05, 0) is 42.5 Å². The largest absolute Gasteiger partial charge is 0.478 e. The zero-order valence-corrected chi connectivity index (χ0v) is 15.6. The van der Waals surface area contributed by atoms with Crippen molar-refractivity contribution in [3.8, 4) is 0 Å². The Balaban J connectivity index is 0.000000279. The quantitative estimate of drug-likeness (QED) is 0.809. The van der Waals surface area contributed by atoms with Crippen molar-refractivity contribution < 1.29 is 19.8 Å². The molecule has 0 unspecified atom stereocenters. The van der Waals surface area contributed by atoms with Crippen molar-refractivity contribution in [1.29, 1.82) is 0 Å².